The molecule has 0 amide bonds. The van der Waals surface area contributed by atoms with Gasteiger partial charge in [0.15, 0.2) is 5.11 Å². The van der Waals surface area contributed by atoms with E-state index in [1.54, 1.807) is 7.11 Å². The van der Waals surface area contributed by atoms with Crippen LogP contribution in [0.25, 0.3) is 0 Å². The van der Waals surface area contributed by atoms with E-state index in [1.165, 1.54) is 6.42 Å². The number of hydrogen-bond donors (Lipinski definition) is 1. The average Bonchev–Trinajstić information content (AvgIpc) is 2.20. The summed E-state index contributed by atoms with van der Waals surface area (Å²) in [6.07, 6.45) is 2.17. The molecular formula is C11H24N2OS. The van der Waals surface area contributed by atoms with Crippen molar-refractivity contribution in [2.75, 3.05) is 33.9 Å². The van der Waals surface area contributed by atoms with Crippen molar-refractivity contribution in [2.24, 2.45) is 5.92 Å². The molecule has 0 unspecified atom stereocenters. The second-order valence-electron chi connectivity index (χ2n) is 4.18. The van der Waals surface area contributed by atoms with E-state index in [9.17, 15) is 0 Å². The molecule has 3 nitrogen and oxygen atoms in total. The molecule has 0 atom stereocenters. The largest absolute Gasteiger partial charge is 0.385 e. The predicted octanol–water partition coefficient (Wildman–Crippen LogP) is 1.88. The molecule has 0 bridgehead atoms. The van der Waals surface area contributed by atoms with Crippen molar-refractivity contribution in [1.82, 2.24) is 10.2 Å². The zero-order valence-corrected chi connectivity index (χ0v) is 11.2. The lowest BCUT2D eigenvalue weighted by Crippen LogP contribution is -2.38. The summed E-state index contributed by atoms with van der Waals surface area (Å²) >= 11 is 5.25. The first-order valence-electron chi connectivity index (χ1n) is 5.55. The molecule has 0 spiro atoms. The minimum Gasteiger partial charge on any atom is -0.385 e. The van der Waals surface area contributed by atoms with Crippen molar-refractivity contribution in [1.29, 1.82) is 0 Å². The van der Waals surface area contributed by atoms with Crippen LogP contribution in [0.3, 0.4) is 0 Å². The zero-order valence-electron chi connectivity index (χ0n) is 10.4. The monoisotopic (exact) mass is 232 g/mol. The summed E-state index contributed by atoms with van der Waals surface area (Å²) in [6, 6.07) is 0. The maximum Gasteiger partial charge on any atom is 0.168 e. The summed E-state index contributed by atoms with van der Waals surface area (Å²) in [5, 5.41) is 4.06. The molecule has 0 radical (unpaired) electrons. The van der Waals surface area contributed by atoms with Crippen molar-refractivity contribution in [2.45, 2.75) is 26.7 Å². The van der Waals surface area contributed by atoms with Crippen LogP contribution < -0.4 is 5.32 Å². The fourth-order valence-corrected chi connectivity index (χ4v) is 1.29. The summed E-state index contributed by atoms with van der Waals surface area (Å²) in [5.41, 5.74) is 0. The third-order valence-electron chi connectivity index (χ3n) is 2.19. The molecule has 0 saturated heterocycles. The molecule has 0 aliphatic rings. The maximum atomic E-state index is 5.25. The van der Waals surface area contributed by atoms with E-state index in [0.29, 0.717) is 0 Å². The topological polar surface area (TPSA) is 24.5 Å². The Morgan fingerprint density at radius 1 is 1.47 bits per heavy atom. The van der Waals surface area contributed by atoms with Crippen LogP contribution in [-0.4, -0.2) is 43.9 Å². The Hall–Kier alpha value is -0.350. The Bertz CT molecular complexity index is 174. The van der Waals surface area contributed by atoms with E-state index < -0.39 is 0 Å². The van der Waals surface area contributed by atoms with Gasteiger partial charge in [0.05, 0.1) is 0 Å². The molecule has 0 fully saturated rings. The van der Waals surface area contributed by atoms with E-state index in [4.69, 9.17) is 17.0 Å². The van der Waals surface area contributed by atoms with Crippen molar-refractivity contribution in [3.05, 3.63) is 0 Å². The number of ether oxygens (including phenoxy) is 1. The number of rotatable bonds is 7. The molecule has 0 aliphatic heterocycles. The highest BCUT2D eigenvalue weighted by Crippen LogP contribution is 2.00. The van der Waals surface area contributed by atoms with Gasteiger partial charge in [-0.2, -0.15) is 0 Å². The van der Waals surface area contributed by atoms with Crippen LogP contribution in [-0.2, 0) is 4.74 Å². The summed E-state index contributed by atoms with van der Waals surface area (Å²) in [4.78, 5) is 2.10. The molecule has 0 saturated carbocycles. The lowest BCUT2D eigenvalue weighted by Gasteiger charge is -2.21. The molecule has 0 aromatic rings. The van der Waals surface area contributed by atoms with Crippen molar-refractivity contribution < 1.29 is 4.74 Å². The number of nitrogens with zero attached hydrogens (tertiary/aromatic N) is 1. The van der Waals surface area contributed by atoms with E-state index in [-0.39, 0.29) is 0 Å². The first-order valence-corrected chi connectivity index (χ1v) is 5.96. The molecule has 90 valence electrons. The fraction of sp³-hybridized carbons (Fsp3) is 0.909. The quantitative estimate of drug-likeness (QED) is 0.535. The van der Waals surface area contributed by atoms with Gasteiger partial charge in [-0.05, 0) is 31.0 Å². The molecule has 4 heteroatoms. The van der Waals surface area contributed by atoms with Gasteiger partial charge in [-0.1, -0.05) is 13.8 Å². The van der Waals surface area contributed by atoms with Gasteiger partial charge in [-0.15, -0.1) is 0 Å². The minimum atomic E-state index is 0.726. The number of nitrogens with one attached hydrogen (secondary N) is 1. The van der Waals surface area contributed by atoms with Crippen LogP contribution in [0, 0.1) is 5.92 Å². The molecule has 0 rings (SSSR count). The highest BCUT2D eigenvalue weighted by molar-refractivity contribution is 7.80. The first-order chi connectivity index (χ1) is 7.07. The van der Waals surface area contributed by atoms with Crippen LogP contribution in [0.4, 0.5) is 0 Å². The van der Waals surface area contributed by atoms with Crippen molar-refractivity contribution in [3.63, 3.8) is 0 Å². The van der Waals surface area contributed by atoms with Crippen molar-refractivity contribution >= 4 is 17.3 Å². The first kappa shape index (κ1) is 14.6. The van der Waals surface area contributed by atoms with Gasteiger partial charge < -0.3 is 15.0 Å². The van der Waals surface area contributed by atoms with Gasteiger partial charge >= 0.3 is 0 Å². The Kier molecular flexibility index (Phi) is 8.71. The highest BCUT2D eigenvalue weighted by Gasteiger charge is 2.03. The van der Waals surface area contributed by atoms with Gasteiger partial charge in [0.1, 0.15) is 0 Å². The smallest absolute Gasteiger partial charge is 0.168 e. The Morgan fingerprint density at radius 2 is 2.13 bits per heavy atom. The summed E-state index contributed by atoms with van der Waals surface area (Å²) in [7, 11) is 3.75. The molecular weight excluding hydrogens is 208 g/mol. The third-order valence-corrected chi connectivity index (χ3v) is 2.65. The molecule has 15 heavy (non-hydrogen) atoms. The SMILES string of the molecule is COCCCNC(=S)N(C)CCC(C)C. The fourth-order valence-electron chi connectivity index (χ4n) is 1.10. The maximum absolute atomic E-state index is 5.25. The lowest BCUT2D eigenvalue weighted by atomic mass is 10.1. The van der Waals surface area contributed by atoms with Crippen LogP contribution in [0.1, 0.15) is 26.7 Å². The zero-order chi connectivity index (χ0) is 11.7. The van der Waals surface area contributed by atoms with E-state index in [1.807, 2.05) is 7.05 Å². The average molecular weight is 232 g/mol. The third kappa shape index (κ3) is 8.63. The number of thiocarbonyl (C=S) groups is 1. The second kappa shape index (κ2) is 8.92. The van der Waals surface area contributed by atoms with Crippen LogP contribution in [0.2, 0.25) is 0 Å². The van der Waals surface area contributed by atoms with Gasteiger partial charge in [-0.25, -0.2) is 0 Å². The standard InChI is InChI=1S/C11H24N2OS/c1-10(2)6-8-13(3)11(15)12-7-5-9-14-4/h10H,5-9H2,1-4H3,(H,12,15). The molecule has 0 heterocycles. The van der Waals surface area contributed by atoms with Gasteiger partial charge in [0.2, 0.25) is 0 Å². The molecule has 1 N–H and O–H groups in total. The molecule has 0 aromatic carbocycles. The minimum absolute atomic E-state index is 0.726. The summed E-state index contributed by atoms with van der Waals surface area (Å²) < 4.78 is 4.97. The van der Waals surface area contributed by atoms with E-state index >= 15 is 0 Å². The summed E-state index contributed by atoms with van der Waals surface area (Å²) in [6.45, 7) is 7.14. The van der Waals surface area contributed by atoms with Gasteiger partial charge in [0, 0.05) is 33.9 Å². The number of hydrogen-bond acceptors (Lipinski definition) is 2. The van der Waals surface area contributed by atoms with Crippen LogP contribution in [0.15, 0.2) is 0 Å². The lowest BCUT2D eigenvalue weighted by molar-refractivity contribution is 0.195. The van der Waals surface area contributed by atoms with E-state index in [2.05, 4.69) is 24.1 Å². The Morgan fingerprint density at radius 3 is 2.67 bits per heavy atom. The van der Waals surface area contributed by atoms with Gasteiger partial charge in [-0.3, -0.25) is 0 Å². The molecule has 0 aromatic heterocycles. The van der Waals surface area contributed by atoms with Crippen molar-refractivity contribution in [3.8, 4) is 0 Å². The van der Waals surface area contributed by atoms with Crippen LogP contribution in [0.5, 0.6) is 0 Å². The normalized spacial score (nSPS) is 10.5. The van der Waals surface area contributed by atoms with Crippen LogP contribution >= 0.6 is 12.2 Å². The highest BCUT2D eigenvalue weighted by atomic mass is 32.1. The predicted molar refractivity (Wildman–Crippen MR) is 69.2 cm³/mol. The number of methoxy groups -OCH3 is 1. The second-order valence-corrected chi connectivity index (χ2v) is 4.57. The molecule has 0 aliphatic carbocycles. The van der Waals surface area contributed by atoms with Gasteiger partial charge in [0.25, 0.3) is 0 Å². The summed E-state index contributed by atoms with van der Waals surface area (Å²) in [5.74, 6) is 0.726. The Balaban J connectivity index is 3.51. The Labute approximate surface area is 99.2 Å². The van der Waals surface area contributed by atoms with E-state index in [0.717, 1.165) is 37.1 Å².